The van der Waals surface area contributed by atoms with Gasteiger partial charge >= 0.3 is 0 Å². The fourth-order valence-corrected chi connectivity index (χ4v) is 2.94. The van der Waals surface area contributed by atoms with E-state index < -0.39 is 0 Å². The van der Waals surface area contributed by atoms with Gasteiger partial charge in [0.2, 0.25) is 0 Å². The van der Waals surface area contributed by atoms with Crippen LogP contribution in [-0.2, 0) is 4.74 Å². The first kappa shape index (κ1) is 20.4. The third kappa shape index (κ3) is 7.21. The van der Waals surface area contributed by atoms with Gasteiger partial charge < -0.3 is 20.3 Å². The highest BCUT2D eigenvalue weighted by Gasteiger charge is 2.19. The van der Waals surface area contributed by atoms with E-state index in [1.807, 2.05) is 11.6 Å². The summed E-state index contributed by atoms with van der Waals surface area (Å²) in [5, 5.41) is 3.10. The zero-order valence-electron chi connectivity index (χ0n) is 14.0. The number of nitrogens with two attached hydrogens (primary N) is 1. The molecule has 0 aromatic carbocycles. The zero-order valence-corrected chi connectivity index (χ0v) is 17.1. The number of halogens is 1. The van der Waals surface area contributed by atoms with Crippen LogP contribution in [0.15, 0.2) is 16.6 Å². The zero-order chi connectivity index (χ0) is 15.8. The minimum Gasteiger partial charge on any atom is -0.380 e. The molecule has 1 aliphatic heterocycles. The largest absolute Gasteiger partial charge is 0.380 e. The maximum absolute atomic E-state index is 6.06. The molecule has 1 aliphatic rings. The average Bonchev–Trinajstić information content (AvgIpc) is 3.05. The Labute approximate surface area is 160 Å². The Kier molecular flexibility index (Phi) is 9.80. The van der Waals surface area contributed by atoms with Gasteiger partial charge in [-0.15, -0.1) is 35.3 Å². The van der Waals surface area contributed by atoms with Gasteiger partial charge in [-0.05, 0) is 12.3 Å². The summed E-state index contributed by atoms with van der Waals surface area (Å²) in [7, 11) is 0. The van der Waals surface area contributed by atoms with E-state index in [1.54, 1.807) is 11.3 Å². The average molecular weight is 453 g/mol. The molecule has 8 heteroatoms. The number of piperazine rings is 1. The van der Waals surface area contributed by atoms with Crippen molar-refractivity contribution in [3.63, 3.8) is 0 Å². The number of hydrogen-bond donors (Lipinski definition) is 1. The molecule has 23 heavy (non-hydrogen) atoms. The summed E-state index contributed by atoms with van der Waals surface area (Å²) in [6.45, 7) is 10.1. The Bertz CT molecular complexity index is 447. The highest BCUT2D eigenvalue weighted by atomic mass is 127. The molecule has 1 aromatic rings. The standard InChI is InChI=1S/C15H27N5OS.HI/c1-13(2)3-10-21-11-4-17-14(16)19-6-8-20(9-7-19)15-18-5-12-22-15;/h5,12-13H,3-4,6-11H2,1-2H3,(H2,16,17);1H. The Balaban J connectivity index is 0.00000264. The summed E-state index contributed by atoms with van der Waals surface area (Å²) in [4.78, 5) is 13.2. The SMILES string of the molecule is CC(C)CCOCCN=C(N)N1CCN(c2nccs2)CC1.I. The van der Waals surface area contributed by atoms with Crippen molar-refractivity contribution in [2.24, 2.45) is 16.6 Å². The molecule has 1 saturated heterocycles. The van der Waals surface area contributed by atoms with Crippen LogP contribution in [0, 0.1) is 5.92 Å². The Morgan fingerprint density at radius 2 is 2.09 bits per heavy atom. The number of rotatable bonds is 7. The van der Waals surface area contributed by atoms with E-state index in [0.717, 1.165) is 44.3 Å². The van der Waals surface area contributed by atoms with E-state index in [0.29, 0.717) is 25.0 Å². The minimum atomic E-state index is 0. The lowest BCUT2D eigenvalue weighted by atomic mass is 10.1. The molecule has 0 radical (unpaired) electrons. The quantitative estimate of drug-likeness (QED) is 0.297. The second-order valence-corrected chi connectivity index (χ2v) is 6.70. The lowest BCUT2D eigenvalue weighted by Gasteiger charge is -2.35. The molecule has 6 nitrogen and oxygen atoms in total. The Morgan fingerprint density at radius 1 is 1.35 bits per heavy atom. The molecule has 2 N–H and O–H groups in total. The molecule has 1 aromatic heterocycles. The predicted molar refractivity (Wildman–Crippen MR) is 108 cm³/mol. The number of ether oxygens (including phenoxy) is 1. The molecular formula is C15H28IN5OS. The van der Waals surface area contributed by atoms with E-state index in [-0.39, 0.29) is 24.0 Å². The number of aliphatic imine (C=N–C) groups is 1. The minimum absolute atomic E-state index is 0. The molecule has 0 atom stereocenters. The maximum Gasteiger partial charge on any atom is 0.191 e. The first-order valence-corrected chi connectivity index (χ1v) is 8.82. The monoisotopic (exact) mass is 453 g/mol. The molecule has 2 rings (SSSR count). The van der Waals surface area contributed by atoms with Crippen LogP contribution in [0.4, 0.5) is 5.13 Å². The molecule has 0 aliphatic carbocycles. The lowest BCUT2D eigenvalue weighted by molar-refractivity contribution is 0.130. The van der Waals surface area contributed by atoms with E-state index in [1.165, 1.54) is 0 Å². The van der Waals surface area contributed by atoms with Crippen molar-refractivity contribution in [1.29, 1.82) is 0 Å². The van der Waals surface area contributed by atoms with Gasteiger partial charge in [0.1, 0.15) is 0 Å². The smallest absolute Gasteiger partial charge is 0.191 e. The van der Waals surface area contributed by atoms with Crippen LogP contribution in [0.5, 0.6) is 0 Å². The third-order valence-corrected chi connectivity index (χ3v) is 4.47. The van der Waals surface area contributed by atoms with Gasteiger partial charge in [-0.2, -0.15) is 0 Å². The Hall–Kier alpha value is -0.610. The van der Waals surface area contributed by atoms with E-state index in [4.69, 9.17) is 10.5 Å². The van der Waals surface area contributed by atoms with Gasteiger partial charge in [0.15, 0.2) is 11.1 Å². The molecule has 0 spiro atoms. The molecule has 2 heterocycles. The van der Waals surface area contributed by atoms with E-state index in [9.17, 15) is 0 Å². The van der Waals surface area contributed by atoms with Crippen molar-refractivity contribution in [1.82, 2.24) is 9.88 Å². The molecule has 0 unspecified atom stereocenters. The second kappa shape index (κ2) is 11.0. The van der Waals surface area contributed by atoms with Crippen molar-refractivity contribution in [3.05, 3.63) is 11.6 Å². The van der Waals surface area contributed by atoms with E-state index >= 15 is 0 Å². The van der Waals surface area contributed by atoms with Crippen molar-refractivity contribution in [2.45, 2.75) is 20.3 Å². The van der Waals surface area contributed by atoms with Crippen LogP contribution in [0.25, 0.3) is 0 Å². The van der Waals surface area contributed by atoms with Gasteiger partial charge in [-0.25, -0.2) is 4.98 Å². The lowest BCUT2D eigenvalue weighted by Crippen LogP contribution is -2.51. The summed E-state index contributed by atoms with van der Waals surface area (Å²) in [5.74, 6) is 1.31. The van der Waals surface area contributed by atoms with Gasteiger partial charge in [-0.1, -0.05) is 13.8 Å². The summed E-state index contributed by atoms with van der Waals surface area (Å²) >= 11 is 1.68. The number of nitrogens with zero attached hydrogens (tertiary/aromatic N) is 4. The van der Waals surface area contributed by atoms with Crippen molar-refractivity contribution in [3.8, 4) is 0 Å². The van der Waals surface area contributed by atoms with Gasteiger partial charge in [0, 0.05) is 44.4 Å². The number of anilines is 1. The summed E-state index contributed by atoms with van der Waals surface area (Å²) in [5.41, 5.74) is 6.06. The highest BCUT2D eigenvalue weighted by molar-refractivity contribution is 14.0. The van der Waals surface area contributed by atoms with Crippen LogP contribution in [0.1, 0.15) is 20.3 Å². The van der Waals surface area contributed by atoms with Crippen molar-refractivity contribution >= 4 is 46.4 Å². The predicted octanol–water partition coefficient (Wildman–Crippen LogP) is 2.26. The van der Waals surface area contributed by atoms with Crippen LogP contribution >= 0.6 is 35.3 Å². The normalized spacial score (nSPS) is 15.9. The summed E-state index contributed by atoms with van der Waals surface area (Å²) < 4.78 is 5.55. The van der Waals surface area contributed by atoms with E-state index in [2.05, 4.69) is 33.6 Å². The van der Waals surface area contributed by atoms with Gasteiger partial charge in [0.05, 0.1) is 13.2 Å². The molecular weight excluding hydrogens is 425 g/mol. The van der Waals surface area contributed by atoms with Gasteiger partial charge in [0.25, 0.3) is 0 Å². The number of hydrogen-bond acceptors (Lipinski definition) is 5. The van der Waals surface area contributed by atoms with Crippen LogP contribution in [0.2, 0.25) is 0 Å². The summed E-state index contributed by atoms with van der Waals surface area (Å²) in [6, 6.07) is 0. The number of guanidine groups is 1. The maximum atomic E-state index is 6.06. The second-order valence-electron chi connectivity index (χ2n) is 5.82. The number of aromatic nitrogens is 1. The molecule has 132 valence electrons. The topological polar surface area (TPSA) is 67.0 Å². The first-order chi connectivity index (χ1) is 10.7. The molecule has 0 amide bonds. The van der Waals surface area contributed by atoms with Gasteiger partial charge in [-0.3, -0.25) is 4.99 Å². The summed E-state index contributed by atoms with van der Waals surface area (Å²) in [6.07, 6.45) is 2.94. The fraction of sp³-hybridized carbons (Fsp3) is 0.733. The van der Waals surface area contributed by atoms with Crippen molar-refractivity contribution in [2.75, 3.05) is 50.8 Å². The van der Waals surface area contributed by atoms with Crippen molar-refractivity contribution < 1.29 is 4.74 Å². The fourth-order valence-electron chi connectivity index (χ4n) is 2.24. The van der Waals surface area contributed by atoms with Crippen LogP contribution in [0.3, 0.4) is 0 Å². The Morgan fingerprint density at radius 3 is 2.70 bits per heavy atom. The molecule has 0 bridgehead atoms. The highest BCUT2D eigenvalue weighted by Crippen LogP contribution is 2.18. The van der Waals surface area contributed by atoms with Crippen LogP contribution < -0.4 is 10.6 Å². The molecule has 0 saturated carbocycles. The van der Waals surface area contributed by atoms with Crippen LogP contribution in [-0.4, -0.2) is 61.8 Å². The third-order valence-electron chi connectivity index (χ3n) is 3.64. The number of thiazole rings is 1. The first-order valence-electron chi connectivity index (χ1n) is 7.94. The molecule has 1 fully saturated rings.